The second kappa shape index (κ2) is 42.1. The van der Waals surface area contributed by atoms with Gasteiger partial charge in [-0.15, -0.1) is 0 Å². The smallest absolute Gasteiger partial charge is 0.306 e. The summed E-state index contributed by atoms with van der Waals surface area (Å²) in [4.78, 5) is 37.6. The Morgan fingerprint density at radius 3 is 1.23 bits per heavy atom. The lowest BCUT2D eigenvalue weighted by Crippen LogP contribution is -2.30. The van der Waals surface area contributed by atoms with E-state index in [1.165, 1.54) is 77.0 Å². The second-order valence-corrected chi connectivity index (χ2v) is 14.6. The van der Waals surface area contributed by atoms with Crippen LogP contribution < -0.4 is 0 Å². The molecule has 0 aliphatic carbocycles. The highest BCUT2D eigenvalue weighted by Gasteiger charge is 2.19. The Bertz CT molecular complexity index is 949. The predicted molar refractivity (Wildman–Crippen MR) is 224 cm³/mol. The number of esters is 3. The largest absolute Gasteiger partial charge is 0.462 e. The first kappa shape index (κ1) is 50.4. The minimum Gasteiger partial charge on any atom is -0.462 e. The van der Waals surface area contributed by atoms with E-state index in [2.05, 4.69) is 69.4 Å². The van der Waals surface area contributed by atoms with Crippen LogP contribution in [-0.4, -0.2) is 37.2 Å². The molecule has 0 aromatic rings. The molecule has 1 atom stereocenters. The first-order valence-corrected chi connectivity index (χ1v) is 22.1. The maximum Gasteiger partial charge on any atom is 0.306 e. The number of carbonyl (C=O) groups excluding carboxylic acids is 3. The van der Waals surface area contributed by atoms with Gasteiger partial charge in [-0.1, -0.05) is 166 Å². The molecule has 0 aliphatic rings. The lowest BCUT2D eigenvalue weighted by atomic mass is 10.1. The summed E-state index contributed by atoms with van der Waals surface area (Å²) in [6.45, 7) is 6.44. The molecule has 6 heteroatoms. The summed E-state index contributed by atoms with van der Waals surface area (Å²) in [6.07, 6.45) is 48.1. The average Bonchev–Trinajstić information content (AvgIpc) is 3.15. The van der Waals surface area contributed by atoms with Gasteiger partial charge in [0.2, 0.25) is 0 Å². The van der Waals surface area contributed by atoms with Crippen LogP contribution in [0.25, 0.3) is 0 Å². The normalized spacial score (nSPS) is 12.4. The van der Waals surface area contributed by atoms with Gasteiger partial charge in [0, 0.05) is 19.3 Å². The van der Waals surface area contributed by atoms with Crippen molar-refractivity contribution in [1.29, 1.82) is 0 Å². The van der Waals surface area contributed by atoms with Crippen molar-refractivity contribution in [3.63, 3.8) is 0 Å². The number of ether oxygens (including phenoxy) is 3. The Balaban J connectivity index is 4.43. The zero-order chi connectivity index (χ0) is 38.7. The molecule has 0 aromatic carbocycles. The molecule has 0 fully saturated rings. The lowest BCUT2D eigenvalue weighted by Gasteiger charge is -2.18. The minimum atomic E-state index is -0.783. The Labute approximate surface area is 327 Å². The van der Waals surface area contributed by atoms with Crippen molar-refractivity contribution in [3.05, 3.63) is 48.6 Å². The first-order chi connectivity index (χ1) is 26.0. The molecule has 0 radical (unpaired) electrons. The molecule has 0 spiro atoms. The highest BCUT2D eigenvalue weighted by Crippen LogP contribution is 2.13. The monoisotopic (exact) mass is 743 g/mol. The van der Waals surface area contributed by atoms with E-state index in [-0.39, 0.29) is 31.1 Å². The first-order valence-electron chi connectivity index (χ1n) is 22.1. The molecule has 1 unspecified atom stereocenters. The van der Waals surface area contributed by atoms with Crippen LogP contribution in [0, 0.1) is 0 Å². The molecule has 0 bridgehead atoms. The van der Waals surface area contributed by atoms with Crippen molar-refractivity contribution in [2.45, 2.75) is 219 Å². The summed E-state index contributed by atoms with van der Waals surface area (Å²) in [5, 5.41) is 0. The predicted octanol–water partition coefficient (Wildman–Crippen LogP) is 14.0. The van der Waals surface area contributed by atoms with E-state index >= 15 is 0 Å². The summed E-state index contributed by atoms with van der Waals surface area (Å²) in [5.41, 5.74) is 0. The van der Waals surface area contributed by atoms with Crippen molar-refractivity contribution < 1.29 is 28.6 Å². The van der Waals surface area contributed by atoms with Crippen LogP contribution in [0.3, 0.4) is 0 Å². The van der Waals surface area contributed by atoms with Crippen LogP contribution in [0.4, 0.5) is 0 Å². The third-order valence-electron chi connectivity index (χ3n) is 9.32. The van der Waals surface area contributed by atoms with E-state index in [1.54, 1.807) is 0 Å². The summed E-state index contributed by atoms with van der Waals surface area (Å²) >= 11 is 0. The zero-order valence-corrected chi connectivity index (χ0v) is 34.8. The third kappa shape index (κ3) is 40.4. The Hall–Kier alpha value is -2.63. The Morgan fingerprint density at radius 2 is 0.736 bits per heavy atom. The molecule has 0 aromatic heterocycles. The zero-order valence-electron chi connectivity index (χ0n) is 34.8. The summed E-state index contributed by atoms with van der Waals surface area (Å²) in [7, 11) is 0. The quantitative estimate of drug-likeness (QED) is 0.0270. The standard InChI is InChI=1S/C47H82O6/c1-4-7-10-13-16-19-22-24-26-28-31-34-37-40-46(49)52-43-44(42-51-45(48)39-36-33-30-27-21-18-15-12-9-6-3)53-47(50)41-38-35-32-29-25-23-20-17-14-11-8-5-2/h7,10,16-17,19-20,24,26,44H,4-6,8-9,11-15,18,21-23,25,27-43H2,1-3H3/b10-7-,19-16-,20-17-,26-24-. The van der Waals surface area contributed by atoms with Gasteiger partial charge in [-0.2, -0.15) is 0 Å². The average molecular weight is 743 g/mol. The molecule has 306 valence electrons. The molecule has 0 N–H and O–H groups in total. The van der Waals surface area contributed by atoms with Crippen LogP contribution in [0.15, 0.2) is 48.6 Å². The Kier molecular flexibility index (Phi) is 40.0. The molecule has 0 saturated heterocycles. The molecular formula is C47H82O6. The molecule has 0 aliphatic heterocycles. The molecule has 0 rings (SSSR count). The van der Waals surface area contributed by atoms with Gasteiger partial charge < -0.3 is 14.2 Å². The van der Waals surface area contributed by atoms with Crippen molar-refractivity contribution in [1.82, 2.24) is 0 Å². The van der Waals surface area contributed by atoms with Crippen LogP contribution in [-0.2, 0) is 28.6 Å². The van der Waals surface area contributed by atoms with Gasteiger partial charge in [-0.3, -0.25) is 14.4 Å². The molecular weight excluding hydrogens is 661 g/mol. The highest BCUT2D eigenvalue weighted by atomic mass is 16.6. The third-order valence-corrected chi connectivity index (χ3v) is 9.32. The van der Waals surface area contributed by atoms with Gasteiger partial charge in [0.15, 0.2) is 6.10 Å². The van der Waals surface area contributed by atoms with E-state index in [1.807, 2.05) is 0 Å². The number of rotatable bonds is 39. The van der Waals surface area contributed by atoms with Gasteiger partial charge in [0.05, 0.1) is 0 Å². The molecule has 53 heavy (non-hydrogen) atoms. The van der Waals surface area contributed by atoms with Gasteiger partial charge in [-0.25, -0.2) is 0 Å². The van der Waals surface area contributed by atoms with E-state index < -0.39 is 6.10 Å². The van der Waals surface area contributed by atoms with Crippen LogP contribution in [0.1, 0.15) is 213 Å². The summed E-state index contributed by atoms with van der Waals surface area (Å²) < 4.78 is 16.6. The van der Waals surface area contributed by atoms with Crippen molar-refractivity contribution in [2.75, 3.05) is 13.2 Å². The van der Waals surface area contributed by atoms with Crippen molar-refractivity contribution in [2.24, 2.45) is 0 Å². The summed E-state index contributed by atoms with van der Waals surface area (Å²) in [5.74, 6) is -0.929. The molecule has 6 nitrogen and oxygen atoms in total. The SMILES string of the molecule is CC/C=C\C/C=C\C/C=C\CCCCCC(=O)OCC(COC(=O)CCCCCCCCCCCC)OC(=O)CCCCCCC/C=C\CCCCC. The second-order valence-electron chi connectivity index (χ2n) is 14.6. The fraction of sp³-hybridized carbons (Fsp3) is 0.766. The van der Waals surface area contributed by atoms with Crippen molar-refractivity contribution >= 4 is 17.9 Å². The maximum atomic E-state index is 12.7. The number of hydrogen-bond donors (Lipinski definition) is 0. The molecule has 0 amide bonds. The van der Waals surface area contributed by atoms with Crippen LogP contribution in [0.5, 0.6) is 0 Å². The maximum absolute atomic E-state index is 12.7. The van der Waals surface area contributed by atoms with Gasteiger partial charge in [-0.05, 0) is 77.0 Å². The topological polar surface area (TPSA) is 78.9 Å². The number of unbranched alkanes of at least 4 members (excludes halogenated alkanes) is 20. The summed E-state index contributed by atoms with van der Waals surface area (Å²) in [6, 6.07) is 0. The Morgan fingerprint density at radius 1 is 0.396 bits per heavy atom. The van der Waals surface area contributed by atoms with Gasteiger partial charge >= 0.3 is 17.9 Å². The molecule has 0 saturated carbocycles. The number of hydrogen-bond acceptors (Lipinski definition) is 6. The number of carbonyl (C=O) groups is 3. The van der Waals surface area contributed by atoms with E-state index in [9.17, 15) is 14.4 Å². The fourth-order valence-corrected chi connectivity index (χ4v) is 5.98. The fourth-order valence-electron chi connectivity index (χ4n) is 5.98. The van der Waals surface area contributed by atoms with Crippen molar-refractivity contribution in [3.8, 4) is 0 Å². The van der Waals surface area contributed by atoms with Crippen LogP contribution >= 0.6 is 0 Å². The van der Waals surface area contributed by atoms with E-state index in [0.717, 1.165) is 96.3 Å². The highest BCUT2D eigenvalue weighted by molar-refractivity contribution is 5.71. The van der Waals surface area contributed by atoms with E-state index in [0.29, 0.717) is 19.3 Å². The van der Waals surface area contributed by atoms with Crippen LogP contribution in [0.2, 0.25) is 0 Å². The minimum absolute atomic E-state index is 0.0848. The molecule has 0 heterocycles. The lowest BCUT2D eigenvalue weighted by molar-refractivity contribution is -0.167. The van der Waals surface area contributed by atoms with Gasteiger partial charge in [0.1, 0.15) is 13.2 Å². The van der Waals surface area contributed by atoms with Gasteiger partial charge in [0.25, 0.3) is 0 Å². The van der Waals surface area contributed by atoms with E-state index in [4.69, 9.17) is 14.2 Å². The number of allylic oxidation sites excluding steroid dienone is 8.